The van der Waals surface area contributed by atoms with Crippen LogP contribution in [0.5, 0.6) is 0 Å². The van der Waals surface area contributed by atoms with Crippen molar-refractivity contribution in [3.05, 3.63) is 11.6 Å². The number of hydrogen-bond donors (Lipinski definition) is 15. The molecule has 0 aromatic carbocycles. The summed E-state index contributed by atoms with van der Waals surface area (Å²) in [5.41, 5.74) is -2.78. The number of aliphatic carboxylic acids is 2. The maximum atomic E-state index is 14.2. The van der Waals surface area contributed by atoms with Gasteiger partial charge in [0.1, 0.15) is 97.7 Å². The van der Waals surface area contributed by atoms with E-state index in [4.69, 9.17) is 37.9 Å². The van der Waals surface area contributed by atoms with Gasteiger partial charge in [-0.05, 0) is 111 Å². The van der Waals surface area contributed by atoms with Crippen LogP contribution in [-0.4, -0.2) is 244 Å². The van der Waals surface area contributed by atoms with E-state index in [1.165, 1.54) is 5.57 Å². The zero-order valence-corrected chi connectivity index (χ0v) is 45.6. The van der Waals surface area contributed by atoms with Crippen LogP contribution in [0.25, 0.3) is 0 Å². The lowest BCUT2D eigenvalue weighted by Crippen LogP contribution is -2.69. The molecule has 5 aliphatic carbocycles. The summed E-state index contributed by atoms with van der Waals surface area (Å²) in [6, 6.07) is 0. The first kappa shape index (κ1) is 61.4. The van der Waals surface area contributed by atoms with Gasteiger partial charge in [0.05, 0.1) is 43.4 Å². The number of allylic oxidation sites excluding steroid dienone is 2. The topological polar surface area (TPSA) is 411 Å². The maximum Gasteiger partial charge on any atom is 0.312 e. The largest absolute Gasteiger partial charge is 0.481 e. The summed E-state index contributed by atoms with van der Waals surface area (Å²) < 4.78 is 48.5. The molecule has 4 saturated carbocycles. The van der Waals surface area contributed by atoms with Crippen LogP contribution in [0, 0.1) is 50.2 Å². The number of hydrogen-bond acceptors (Lipinski definition) is 23. The first-order valence-electron chi connectivity index (χ1n) is 28.0. The van der Waals surface area contributed by atoms with Crippen molar-refractivity contribution in [3.63, 3.8) is 0 Å². The molecule has 79 heavy (non-hydrogen) atoms. The van der Waals surface area contributed by atoms with Gasteiger partial charge in [0.25, 0.3) is 0 Å². The summed E-state index contributed by atoms with van der Waals surface area (Å²) >= 11 is 0. The molecule has 0 bridgehead atoms. The number of carboxylic acid groups (broad SMARTS) is 2. The Kier molecular flexibility index (Phi) is 17.4. The van der Waals surface area contributed by atoms with Crippen molar-refractivity contribution in [1.29, 1.82) is 0 Å². The van der Waals surface area contributed by atoms with Crippen LogP contribution in [0.4, 0.5) is 0 Å². The number of rotatable bonds is 14. The van der Waals surface area contributed by atoms with Gasteiger partial charge in [0.2, 0.25) is 0 Å². The predicted molar refractivity (Wildman–Crippen MR) is 265 cm³/mol. The molecule has 9 rings (SSSR count). The molecule has 0 radical (unpaired) electrons. The molecule has 0 unspecified atom stereocenters. The number of ether oxygens (including phenoxy) is 8. The van der Waals surface area contributed by atoms with Gasteiger partial charge in [0, 0.05) is 0 Å². The van der Waals surface area contributed by atoms with Crippen molar-refractivity contribution < 1.29 is 124 Å². The van der Waals surface area contributed by atoms with Crippen molar-refractivity contribution in [2.45, 2.75) is 235 Å². The average molecular weight is 1140 g/mol. The van der Waals surface area contributed by atoms with Gasteiger partial charge in [-0.15, -0.1) is 0 Å². The fourth-order valence-electron chi connectivity index (χ4n) is 16.6. The van der Waals surface area contributed by atoms with Gasteiger partial charge >= 0.3 is 11.9 Å². The molecule has 4 aliphatic heterocycles. The van der Waals surface area contributed by atoms with Crippen molar-refractivity contribution >= 4 is 11.9 Å². The van der Waals surface area contributed by atoms with Crippen LogP contribution in [0.1, 0.15) is 106 Å². The molecule has 452 valence electrons. The quantitative estimate of drug-likeness (QED) is 0.0636. The van der Waals surface area contributed by atoms with Gasteiger partial charge in [-0.2, -0.15) is 0 Å². The molecule has 15 N–H and O–H groups in total. The molecule has 0 amide bonds. The molecule has 8 fully saturated rings. The van der Waals surface area contributed by atoms with Gasteiger partial charge in [-0.3, -0.25) is 9.59 Å². The Hall–Kier alpha value is -2.16. The molecule has 0 aromatic heterocycles. The third-order valence-electron chi connectivity index (χ3n) is 21.6. The minimum Gasteiger partial charge on any atom is -0.481 e. The van der Waals surface area contributed by atoms with Crippen molar-refractivity contribution in [3.8, 4) is 0 Å². The molecule has 29 atom stereocenters. The summed E-state index contributed by atoms with van der Waals surface area (Å²) in [7, 11) is 0. The van der Waals surface area contributed by atoms with E-state index in [0.29, 0.717) is 44.9 Å². The van der Waals surface area contributed by atoms with Crippen LogP contribution in [0.2, 0.25) is 0 Å². The predicted octanol–water partition coefficient (Wildman–Crippen LogP) is -2.40. The van der Waals surface area contributed by atoms with E-state index >= 15 is 0 Å². The highest BCUT2D eigenvalue weighted by molar-refractivity contribution is 5.77. The van der Waals surface area contributed by atoms with Crippen LogP contribution in [0.3, 0.4) is 0 Å². The lowest BCUT2D eigenvalue weighted by molar-refractivity contribution is -0.407. The molecular weight excluding hydrogens is 1050 g/mol. The van der Waals surface area contributed by atoms with Gasteiger partial charge < -0.3 is 114 Å². The molecular formula is C54H86O25. The summed E-state index contributed by atoms with van der Waals surface area (Å²) in [5.74, 6) is -2.70. The Labute approximate surface area is 457 Å². The molecule has 0 spiro atoms. The summed E-state index contributed by atoms with van der Waals surface area (Å²) in [6.07, 6.45) is -31.1. The second kappa shape index (κ2) is 22.4. The van der Waals surface area contributed by atoms with Crippen molar-refractivity contribution in [2.24, 2.45) is 50.2 Å². The van der Waals surface area contributed by atoms with Crippen molar-refractivity contribution in [1.82, 2.24) is 0 Å². The van der Waals surface area contributed by atoms with Crippen LogP contribution in [0.15, 0.2) is 11.6 Å². The second-order valence-corrected chi connectivity index (χ2v) is 26.0. The lowest BCUT2D eigenvalue weighted by Gasteiger charge is -2.71. The summed E-state index contributed by atoms with van der Waals surface area (Å²) in [5, 5.41) is 163. The molecule has 4 heterocycles. The van der Waals surface area contributed by atoms with Gasteiger partial charge in [-0.25, -0.2) is 0 Å². The van der Waals surface area contributed by atoms with E-state index in [-0.39, 0.29) is 34.5 Å². The lowest BCUT2D eigenvalue weighted by atomic mass is 9.33. The highest BCUT2D eigenvalue weighted by Crippen LogP contribution is 2.76. The minimum atomic E-state index is -2.12. The molecule has 9 aliphatic rings. The Morgan fingerprint density at radius 2 is 0.987 bits per heavy atom. The molecule has 4 saturated heterocycles. The second-order valence-electron chi connectivity index (χ2n) is 26.0. The van der Waals surface area contributed by atoms with Crippen LogP contribution in [-0.2, 0) is 47.5 Å². The monoisotopic (exact) mass is 1130 g/mol. The SMILES string of the molecule is CC1(C)CC[C@]2(C(=O)O)CC[C@]3(C)C(=CC[C@@H]4[C@@]5(C)CC[C@H](O[C@@H]6O[C@H](CO)[C@H](O[C@@H]7O[C@H](CO)[C@@H](O)[C@H](O)[C@H]7O)[C@H](O)[C@H]6O[C@@H]6O[C@H](CO)[C@H](O)[C@H](O)[C@H]6O[C@@H]6O[C@H](CO)[C@@H](O)[C@H](O)[C@H]6O)[C@@](C)(C(=O)O)[C@@H]5CC[C@]43C)[C@@H]2C1. The van der Waals surface area contributed by atoms with Crippen molar-refractivity contribution in [2.75, 3.05) is 26.4 Å². The Morgan fingerprint density at radius 3 is 1.53 bits per heavy atom. The molecule has 25 heteroatoms. The number of fused-ring (bicyclic) bond motifs is 7. The summed E-state index contributed by atoms with van der Waals surface area (Å²) in [4.78, 5) is 27.5. The average Bonchev–Trinajstić information content (AvgIpc) is 3.60. The smallest absolute Gasteiger partial charge is 0.312 e. The summed E-state index contributed by atoms with van der Waals surface area (Å²) in [6.45, 7) is 9.10. The number of carbonyl (C=O) groups is 2. The standard InChI is InChI=1S/C54H86O25/c1-49(2)13-15-54(48(70)71)16-14-51(4)22(23(54)17-49)7-8-28-50(3)11-10-30(53(6,47(68)69)29(50)9-12-52(28,51)5)76-45-42(39(67)40(27(21-58)75-45)77-43-37(65)34(62)31(59)24(18-55)72-43)79-46-41(36(64)33(61)26(20-57)74-46)78-44-38(66)35(63)32(60)25(19-56)73-44/h7,23-46,55-67H,8-21H2,1-6H3,(H,68,69)(H,70,71)/t23-,24+,25+,26+,27+,28+,29+,30-,31+,32+,33-,34-,35-,36-,37+,38+,39-,40-,41+,42+,43-,44-,45-,46-,50+,51+,52+,53-,54-/m0/s1. The van der Waals surface area contributed by atoms with E-state index in [1.54, 1.807) is 6.92 Å². The van der Waals surface area contributed by atoms with E-state index in [0.717, 1.165) is 12.8 Å². The zero-order chi connectivity index (χ0) is 57.9. The third kappa shape index (κ3) is 9.85. The van der Waals surface area contributed by atoms with E-state index < -0.39 is 189 Å². The number of aliphatic hydroxyl groups is 13. The Balaban J connectivity index is 1.05. The van der Waals surface area contributed by atoms with E-state index in [2.05, 4.69) is 40.7 Å². The fourth-order valence-corrected chi connectivity index (χ4v) is 16.6. The Morgan fingerprint density at radius 1 is 0.506 bits per heavy atom. The first-order valence-corrected chi connectivity index (χ1v) is 28.0. The minimum absolute atomic E-state index is 0.0469. The van der Waals surface area contributed by atoms with E-state index in [1.807, 2.05) is 0 Å². The number of carboxylic acids is 2. The zero-order valence-electron chi connectivity index (χ0n) is 45.6. The highest BCUT2D eigenvalue weighted by atomic mass is 16.8. The molecule has 0 aromatic rings. The molecule has 25 nitrogen and oxygen atoms in total. The Bertz CT molecular complexity index is 2220. The fraction of sp³-hybridized carbons (Fsp3) is 0.926. The van der Waals surface area contributed by atoms with E-state index in [9.17, 15) is 86.2 Å². The van der Waals surface area contributed by atoms with Gasteiger partial charge in [0.15, 0.2) is 25.2 Å². The van der Waals surface area contributed by atoms with Crippen LogP contribution < -0.4 is 0 Å². The van der Waals surface area contributed by atoms with Gasteiger partial charge in [-0.1, -0.05) is 46.3 Å². The number of aliphatic hydroxyl groups excluding tert-OH is 13. The third-order valence-corrected chi connectivity index (χ3v) is 21.6. The first-order chi connectivity index (χ1) is 37.0. The normalized spacial score (nSPS) is 53.6. The maximum absolute atomic E-state index is 14.2. The highest BCUT2D eigenvalue weighted by Gasteiger charge is 2.72. The van der Waals surface area contributed by atoms with Crippen LogP contribution >= 0.6 is 0 Å².